The molecule has 0 bridgehead atoms. The Balaban J connectivity index is 0.000000701. The predicted molar refractivity (Wildman–Crippen MR) is 92.5 cm³/mol. The van der Waals surface area contributed by atoms with E-state index in [0.717, 1.165) is 32.9 Å². The SMILES string of the molecule is Cc1ccnc2c1ccc1c(CCCC(F)(F)F)ccnc12.[Cl][Pt][Cl]. The van der Waals surface area contributed by atoms with Crippen molar-refractivity contribution >= 4 is 40.6 Å². The van der Waals surface area contributed by atoms with Crippen molar-refractivity contribution in [2.75, 3.05) is 0 Å². The van der Waals surface area contributed by atoms with Crippen LogP contribution in [0.5, 0.6) is 0 Å². The van der Waals surface area contributed by atoms with E-state index in [0.29, 0.717) is 6.42 Å². The number of fused-ring (bicyclic) bond motifs is 3. The summed E-state index contributed by atoms with van der Waals surface area (Å²) in [5, 5.41) is 1.91. The molecule has 2 nitrogen and oxygen atoms in total. The second kappa shape index (κ2) is 9.16. The number of alkyl halides is 3. The van der Waals surface area contributed by atoms with E-state index in [1.165, 1.54) is 0 Å². The van der Waals surface area contributed by atoms with Gasteiger partial charge in [-0.1, -0.05) is 12.1 Å². The molecule has 0 amide bonds. The van der Waals surface area contributed by atoms with Gasteiger partial charge in [-0.15, -0.1) is 0 Å². The van der Waals surface area contributed by atoms with Gasteiger partial charge in [0.1, 0.15) is 0 Å². The van der Waals surface area contributed by atoms with Gasteiger partial charge in [0.2, 0.25) is 0 Å². The van der Waals surface area contributed by atoms with Crippen LogP contribution < -0.4 is 0 Å². The molecule has 0 N–H and O–H groups in total. The summed E-state index contributed by atoms with van der Waals surface area (Å²) < 4.78 is 36.9. The maximum absolute atomic E-state index is 12.3. The summed E-state index contributed by atoms with van der Waals surface area (Å²) in [7, 11) is 9.75. The third-order valence-electron chi connectivity index (χ3n) is 3.84. The number of benzene rings is 1. The normalized spacial score (nSPS) is 11.6. The van der Waals surface area contributed by atoms with Crippen LogP contribution in [-0.4, -0.2) is 16.1 Å². The number of hydrogen-bond donors (Lipinski definition) is 0. The first-order valence-electron chi connectivity index (χ1n) is 7.38. The first kappa shape index (κ1) is 20.4. The van der Waals surface area contributed by atoms with Crippen molar-refractivity contribution in [3.63, 3.8) is 0 Å². The van der Waals surface area contributed by atoms with E-state index in [1.54, 1.807) is 18.5 Å². The van der Waals surface area contributed by atoms with E-state index in [4.69, 9.17) is 18.8 Å². The van der Waals surface area contributed by atoms with Crippen LogP contribution in [0.4, 0.5) is 13.2 Å². The average molecular weight is 570 g/mol. The van der Waals surface area contributed by atoms with Gasteiger partial charge in [0.15, 0.2) is 0 Å². The fraction of sp³-hybridized carbons (Fsp3) is 0.294. The summed E-state index contributed by atoms with van der Waals surface area (Å²) in [6.07, 6.45) is -1.02. The first-order valence-corrected chi connectivity index (χ1v) is 13.0. The molecule has 0 spiro atoms. The third-order valence-corrected chi connectivity index (χ3v) is 3.84. The number of rotatable bonds is 3. The first-order chi connectivity index (χ1) is 11.9. The Labute approximate surface area is 160 Å². The molecule has 1 aromatic carbocycles. The molecule has 0 radical (unpaired) electrons. The summed E-state index contributed by atoms with van der Waals surface area (Å²) in [5.41, 5.74) is 3.55. The molecule has 0 saturated carbocycles. The number of pyridine rings is 2. The minimum atomic E-state index is -4.10. The Morgan fingerprint density at radius 1 is 0.960 bits per heavy atom. The molecule has 138 valence electrons. The Bertz CT molecular complexity index is 856. The van der Waals surface area contributed by atoms with Crippen molar-refractivity contribution in [3.05, 3.63) is 47.8 Å². The van der Waals surface area contributed by atoms with E-state index in [1.807, 2.05) is 25.1 Å². The number of halogens is 5. The molecule has 0 aliphatic heterocycles. The summed E-state index contributed by atoms with van der Waals surface area (Å²) >= 11 is -0.472. The van der Waals surface area contributed by atoms with E-state index in [2.05, 4.69) is 9.97 Å². The van der Waals surface area contributed by atoms with Gasteiger partial charge in [0.05, 0.1) is 11.0 Å². The number of aryl methyl sites for hydroxylation is 2. The molecule has 0 atom stereocenters. The van der Waals surface area contributed by atoms with Gasteiger partial charge in [-0.3, -0.25) is 9.97 Å². The van der Waals surface area contributed by atoms with E-state index in [9.17, 15) is 13.2 Å². The Kier molecular flexibility index (Phi) is 7.48. The topological polar surface area (TPSA) is 25.8 Å². The van der Waals surface area contributed by atoms with E-state index in [-0.39, 0.29) is 6.42 Å². The van der Waals surface area contributed by atoms with Gasteiger partial charge in [-0.25, -0.2) is 0 Å². The Morgan fingerprint density at radius 2 is 1.52 bits per heavy atom. The van der Waals surface area contributed by atoms with E-state index < -0.39 is 29.1 Å². The van der Waals surface area contributed by atoms with Crippen LogP contribution in [0.1, 0.15) is 24.0 Å². The maximum atomic E-state index is 12.3. The summed E-state index contributed by atoms with van der Waals surface area (Å²) in [5.74, 6) is 0. The Morgan fingerprint density at radius 3 is 2.16 bits per heavy atom. The minimum absolute atomic E-state index is 0.0852. The van der Waals surface area contributed by atoms with Crippen molar-refractivity contribution in [3.8, 4) is 0 Å². The summed E-state index contributed by atoms with van der Waals surface area (Å²) in [6, 6.07) is 7.62. The van der Waals surface area contributed by atoms with Crippen LogP contribution in [-0.2, 0) is 22.9 Å². The summed E-state index contributed by atoms with van der Waals surface area (Å²) in [6.45, 7) is 2.00. The van der Waals surface area contributed by atoms with Crippen molar-refractivity contribution in [2.24, 2.45) is 0 Å². The fourth-order valence-corrected chi connectivity index (χ4v) is 2.72. The van der Waals surface area contributed by atoms with Crippen molar-refractivity contribution in [2.45, 2.75) is 32.4 Å². The zero-order valence-electron chi connectivity index (χ0n) is 13.2. The Hall–Kier alpha value is -0.902. The third kappa shape index (κ3) is 5.54. The van der Waals surface area contributed by atoms with Gasteiger partial charge in [0.25, 0.3) is 0 Å². The van der Waals surface area contributed by atoms with Crippen LogP contribution in [0.2, 0.25) is 0 Å². The van der Waals surface area contributed by atoms with Crippen LogP contribution >= 0.6 is 18.8 Å². The van der Waals surface area contributed by atoms with Crippen LogP contribution in [0.15, 0.2) is 36.7 Å². The van der Waals surface area contributed by atoms with Crippen molar-refractivity contribution in [1.82, 2.24) is 9.97 Å². The zero-order valence-corrected chi connectivity index (χ0v) is 17.0. The van der Waals surface area contributed by atoms with Crippen LogP contribution in [0.25, 0.3) is 21.8 Å². The molecular weight excluding hydrogens is 555 g/mol. The molecule has 25 heavy (non-hydrogen) atoms. The van der Waals surface area contributed by atoms with E-state index >= 15 is 0 Å². The second-order valence-corrected chi connectivity index (χ2v) is 8.75. The monoisotopic (exact) mass is 569 g/mol. The molecule has 0 saturated heterocycles. The molecule has 0 fully saturated rings. The van der Waals surface area contributed by atoms with Crippen LogP contribution in [0.3, 0.4) is 0 Å². The molecule has 3 rings (SSSR count). The molecule has 0 unspecified atom stereocenters. The second-order valence-electron chi connectivity index (χ2n) is 5.47. The number of aromatic nitrogens is 2. The van der Waals surface area contributed by atoms with Gasteiger partial charge in [-0.2, -0.15) is 13.2 Å². The molecule has 0 aliphatic rings. The number of nitrogens with zero attached hydrogens (tertiary/aromatic N) is 2. The van der Waals surface area contributed by atoms with Gasteiger partial charge in [0, 0.05) is 29.6 Å². The van der Waals surface area contributed by atoms with Crippen LogP contribution in [0, 0.1) is 6.92 Å². The molecule has 8 heteroatoms. The van der Waals surface area contributed by atoms with Gasteiger partial charge < -0.3 is 0 Å². The predicted octanol–water partition coefficient (Wildman–Crippen LogP) is 6.35. The quantitative estimate of drug-likeness (QED) is 0.343. The number of hydrogen-bond acceptors (Lipinski definition) is 2. The van der Waals surface area contributed by atoms with Gasteiger partial charge >= 0.3 is 41.5 Å². The molecule has 2 heterocycles. The van der Waals surface area contributed by atoms with Crippen molar-refractivity contribution in [1.29, 1.82) is 0 Å². The fourth-order valence-electron chi connectivity index (χ4n) is 2.72. The van der Waals surface area contributed by atoms with Crippen molar-refractivity contribution < 1.29 is 29.7 Å². The molecular formula is C17H15Cl2F3N2Pt. The van der Waals surface area contributed by atoms with Gasteiger partial charge in [-0.05, 0) is 43.0 Å². The standard InChI is InChI=1S/C17H15F3N2.2ClH.Pt/c1-11-6-9-21-15-13(11)4-5-14-12(7-10-22-16(14)15)3-2-8-17(18,19)20;;;/h4-7,9-10H,2-3,8H2,1H3;2*1H;/q;;;+2/p-2. The molecule has 3 aromatic rings. The molecule has 0 aliphatic carbocycles. The summed E-state index contributed by atoms with van der Waals surface area (Å²) in [4.78, 5) is 8.77. The zero-order chi connectivity index (χ0) is 18.4. The molecule has 2 aromatic heterocycles. The average Bonchev–Trinajstić information content (AvgIpc) is 2.55.